The number of carbonyl (C=O) groups is 4. The van der Waals surface area contributed by atoms with Crippen LogP contribution in [0.3, 0.4) is 0 Å². The second kappa shape index (κ2) is 9.83. The highest BCUT2D eigenvalue weighted by Gasteiger charge is 2.38. The van der Waals surface area contributed by atoms with Crippen LogP contribution in [0, 0.1) is 0 Å². The van der Waals surface area contributed by atoms with Crippen molar-refractivity contribution in [2.24, 2.45) is 0 Å². The Morgan fingerprint density at radius 3 is 2.21 bits per heavy atom. The molecule has 10 heteroatoms. The number of rotatable bonds is 7. The van der Waals surface area contributed by atoms with Gasteiger partial charge in [-0.2, -0.15) is 0 Å². The number of nitrogens with one attached hydrogen (secondary N) is 2. The van der Waals surface area contributed by atoms with Crippen molar-refractivity contribution < 1.29 is 24.0 Å². The third kappa shape index (κ3) is 5.41. The number of amides is 4. The number of hydrogen-bond donors (Lipinski definition) is 2. The molecular weight excluding hydrogens is 376 g/mol. The lowest BCUT2D eigenvalue weighted by atomic mass is 10.1. The maximum atomic E-state index is 12.5. The van der Waals surface area contributed by atoms with E-state index in [-0.39, 0.29) is 30.8 Å². The van der Waals surface area contributed by atoms with Crippen LogP contribution in [-0.4, -0.2) is 90.5 Å². The first-order valence-corrected chi connectivity index (χ1v) is 9.73. The summed E-state index contributed by atoms with van der Waals surface area (Å²) in [4.78, 5) is 55.9. The van der Waals surface area contributed by atoms with Gasteiger partial charge in [-0.05, 0) is 40.8 Å². The van der Waals surface area contributed by atoms with Gasteiger partial charge in [0.05, 0.1) is 0 Å². The van der Waals surface area contributed by atoms with E-state index in [2.05, 4.69) is 34.3 Å². The highest BCUT2D eigenvalue weighted by molar-refractivity contribution is 6.01. The van der Waals surface area contributed by atoms with Crippen LogP contribution >= 0.6 is 0 Å². The Kier molecular flexibility index (Phi) is 7.76. The molecule has 0 spiro atoms. The summed E-state index contributed by atoms with van der Waals surface area (Å²) in [6.07, 6.45) is 0.613. The van der Waals surface area contributed by atoms with Gasteiger partial charge >= 0.3 is 6.09 Å². The fraction of sp³-hybridized carbons (Fsp3) is 0.778. The van der Waals surface area contributed by atoms with Crippen molar-refractivity contribution in [1.82, 2.24) is 25.5 Å². The molecule has 0 aromatic carbocycles. The van der Waals surface area contributed by atoms with Crippen molar-refractivity contribution in [2.45, 2.75) is 57.7 Å². The van der Waals surface area contributed by atoms with Crippen LogP contribution in [0.25, 0.3) is 0 Å². The van der Waals surface area contributed by atoms with Crippen molar-refractivity contribution in [3.8, 4) is 0 Å². The van der Waals surface area contributed by atoms with Crippen molar-refractivity contribution in [1.29, 1.82) is 0 Å². The molecule has 2 aliphatic heterocycles. The van der Waals surface area contributed by atoms with Crippen molar-refractivity contribution >= 4 is 23.8 Å². The van der Waals surface area contributed by atoms with E-state index in [0.29, 0.717) is 37.0 Å². The topological polar surface area (TPSA) is 111 Å². The molecule has 0 bridgehead atoms. The minimum atomic E-state index is -0.831. The molecule has 3 atom stereocenters. The van der Waals surface area contributed by atoms with Gasteiger partial charge in [-0.3, -0.25) is 24.2 Å². The first-order valence-electron chi connectivity index (χ1n) is 9.73. The molecule has 0 aromatic heterocycles. The summed E-state index contributed by atoms with van der Waals surface area (Å²) in [6, 6.07) is 0.340. The van der Waals surface area contributed by atoms with Crippen LogP contribution in [0.2, 0.25) is 0 Å². The summed E-state index contributed by atoms with van der Waals surface area (Å²) < 4.78 is 0. The molecule has 0 aromatic rings. The average molecular weight is 407 g/mol. The summed E-state index contributed by atoms with van der Waals surface area (Å²) in [5.41, 5.74) is 0. The molecule has 2 heterocycles. The lowest BCUT2D eigenvalue weighted by molar-refractivity contribution is -0.171. The number of hydroxylamine groups is 2. The summed E-state index contributed by atoms with van der Waals surface area (Å²) >= 11 is 0. The molecule has 2 aliphatic rings. The highest BCUT2D eigenvalue weighted by Crippen LogP contribution is 2.18. The highest BCUT2D eigenvalue weighted by atomic mass is 16.8. The maximum absolute atomic E-state index is 12.5. The Morgan fingerprint density at radius 1 is 1.04 bits per heavy atom. The third-order valence-electron chi connectivity index (χ3n) is 5.44. The molecule has 0 saturated carbocycles. The zero-order chi connectivity index (χ0) is 20.8. The monoisotopic (exact) mass is 407 g/mol. The molecule has 10 nitrogen and oxygen atoms in total. The molecule has 2 rings (SSSR count). The van der Waals surface area contributed by atoms with Crippen LogP contribution < -0.4 is 10.6 Å². The Labute approximate surface area is 165 Å². The van der Waals surface area contributed by atoms with E-state index in [1.54, 1.807) is 0 Å². The van der Waals surface area contributed by atoms with Gasteiger partial charge in [-0.15, -0.1) is 5.06 Å². The standard InChI is InChI=1S/C18H31N5O5/c1-12-11-21(3)16(13(2)22(12)4)17(26)19-9-5-6-10-20-18(27)28-23-14(24)7-8-15(23)25/h12-13,16H,5-11H2,1-4H3,(H,19,26)(H,20,27)/i3+1,4+1,5+1,6+1,9+1,10+1,11+1,18+1,19+1,20+1. The molecule has 0 radical (unpaired) electrons. The smallest absolute Gasteiger partial charge is 0.355 e. The van der Waals surface area contributed by atoms with Gasteiger partial charge in [-0.25, -0.2) is 4.79 Å². The van der Waals surface area contributed by atoms with Crippen molar-refractivity contribution in [3.05, 3.63) is 0 Å². The summed E-state index contributed by atoms with van der Waals surface area (Å²) in [7, 11) is 4.01. The normalized spacial score (nSPS) is 26.4. The molecular formula is C18H31N5O5. The molecule has 2 fully saturated rings. The number of carbonyl (C=O) groups excluding carboxylic acids is 4. The molecule has 4 amide bonds. The van der Waals surface area contributed by atoms with Gasteiger partial charge in [0.25, 0.3) is 11.8 Å². The number of piperazine rings is 1. The molecule has 3 unspecified atom stereocenters. The van der Waals surface area contributed by atoms with E-state index < -0.39 is 17.9 Å². The number of likely N-dealkylation sites (N-methyl/N-ethyl adjacent to an activating group) is 2. The van der Waals surface area contributed by atoms with E-state index in [0.717, 1.165) is 6.54 Å². The first-order chi connectivity index (χ1) is 13.2. The molecule has 0 aliphatic carbocycles. The van der Waals surface area contributed by atoms with Crippen LogP contribution in [0.4, 0.5) is 4.79 Å². The van der Waals surface area contributed by atoms with Gasteiger partial charge in [0.2, 0.25) is 5.91 Å². The Morgan fingerprint density at radius 2 is 1.61 bits per heavy atom. The maximum Gasteiger partial charge on any atom is 0.432 e. The number of imide groups is 1. The number of hydrogen-bond acceptors (Lipinski definition) is 7. The molecule has 158 valence electrons. The molecule has 2 saturated heterocycles. The Hall–Kier alpha value is -2.20. The molecule has 2 N–H and O–H groups in total. The van der Waals surface area contributed by atoms with Crippen LogP contribution in [0.1, 0.15) is 39.5 Å². The summed E-state index contributed by atoms with van der Waals surface area (Å²) in [5.74, 6) is -1.01. The number of unbranched alkanes of at least 4 members (excludes halogenated alkanes) is 1. The quantitative estimate of drug-likeness (QED) is 0.258. The first kappa shape index (κ1) is 22.1. The lowest BCUT2D eigenvalue weighted by Crippen LogP contribution is -2.64. The van der Waals surface area contributed by atoms with E-state index >= 15 is 0 Å². The van der Waals surface area contributed by atoms with Gasteiger partial charge in [0.1, 0.15) is 6.04 Å². The van der Waals surface area contributed by atoms with E-state index in [4.69, 9.17) is 4.84 Å². The second-order valence-electron chi connectivity index (χ2n) is 7.53. The zero-order valence-electron chi connectivity index (χ0n) is 17.1. The minimum absolute atomic E-state index is 0.00665. The molecule has 28 heavy (non-hydrogen) atoms. The summed E-state index contributed by atoms with van der Waals surface area (Å²) in [5, 5.41) is 5.96. The Balaban J connectivity index is 1.61. The fourth-order valence-corrected chi connectivity index (χ4v) is 3.60. The van der Waals surface area contributed by atoms with Gasteiger partial charge < -0.3 is 15.5 Å². The van der Waals surface area contributed by atoms with Gasteiger partial charge in [0.15, 0.2) is 0 Å². The predicted octanol–water partition coefficient (Wildman–Crippen LogP) is -0.304. The predicted molar refractivity (Wildman–Crippen MR) is 101 cm³/mol. The van der Waals surface area contributed by atoms with Crippen LogP contribution in [0.15, 0.2) is 0 Å². The lowest BCUT2D eigenvalue weighted by Gasteiger charge is -2.46. The van der Waals surface area contributed by atoms with Gasteiger partial charge in [-0.1, -0.05) is 0 Å². The van der Waals surface area contributed by atoms with Crippen molar-refractivity contribution in [3.63, 3.8) is 0 Å². The zero-order valence-corrected chi connectivity index (χ0v) is 17.1. The number of nitrogens with zero attached hydrogens (tertiary/aromatic N) is 3. The fourth-order valence-electron chi connectivity index (χ4n) is 3.60. The average Bonchev–Trinajstić information content (AvgIpc) is 2.94. The van der Waals surface area contributed by atoms with Crippen LogP contribution in [-0.2, 0) is 19.2 Å². The second-order valence-corrected chi connectivity index (χ2v) is 7.53. The van der Waals surface area contributed by atoms with E-state index in [9.17, 15) is 19.2 Å². The minimum Gasteiger partial charge on any atom is -0.355 e. The van der Waals surface area contributed by atoms with Crippen molar-refractivity contribution in [2.75, 3.05) is 33.7 Å². The van der Waals surface area contributed by atoms with Gasteiger partial charge in [0, 0.05) is 44.6 Å². The van der Waals surface area contributed by atoms with Crippen LogP contribution in [0.5, 0.6) is 0 Å². The van der Waals surface area contributed by atoms with E-state index in [1.165, 1.54) is 0 Å². The van der Waals surface area contributed by atoms with E-state index in [1.807, 2.05) is 14.1 Å². The summed E-state index contributed by atoms with van der Waals surface area (Å²) in [6.45, 7) is 5.88. The SMILES string of the molecule is CC1[13CH2]N([13CH3])C(C(=O)[15NH][13CH2][13CH2][13CH2][13CH2][15NH][13C](=O)ON2C(=O)CCC2=O)C(C)N1[13CH3]. The largest absolute Gasteiger partial charge is 0.432 e. The third-order valence-corrected chi connectivity index (χ3v) is 5.44. The Bertz CT molecular complexity index is 597.